The molecule has 0 aliphatic carbocycles. The fourth-order valence-electron chi connectivity index (χ4n) is 3.53. The normalized spacial score (nSPS) is 25.0. The average molecular weight is 355 g/mol. The Morgan fingerprint density at radius 1 is 1.35 bits per heavy atom. The lowest BCUT2D eigenvalue weighted by Crippen LogP contribution is -2.47. The van der Waals surface area contributed by atoms with E-state index in [2.05, 4.69) is 22.0 Å². The van der Waals surface area contributed by atoms with Crippen molar-refractivity contribution in [2.45, 2.75) is 38.2 Å². The van der Waals surface area contributed by atoms with Crippen LogP contribution in [0.1, 0.15) is 29.3 Å². The van der Waals surface area contributed by atoms with E-state index in [1.165, 1.54) is 0 Å². The molecule has 0 spiro atoms. The van der Waals surface area contributed by atoms with E-state index in [4.69, 9.17) is 15.5 Å². The maximum atomic E-state index is 10.3. The van der Waals surface area contributed by atoms with Gasteiger partial charge in [0.1, 0.15) is 17.9 Å². The molecule has 2 aromatic rings. The molecular weight excluding hydrogens is 330 g/mol. The molecule has 6 N–H and O–H groups in total. The highest BCUT2D eigenvalue weighted by molar-refractivity contribution is 5.65. The topological polar surface area (TPSA) is 104 Å². The number of hydrogen-bond donors (Lipinski definition) is 5. The second-order valence-corrected chi connectivity index (χ2v) is 6.99. The molecule has 7 nitrogen and oxygen atoms in total. The van der Waals surface area contributed by atoms with Crippen molar-refractivity contribution in [3.8, 4) is 0 Å². The molecule has 1 aromatic heterocycles. The van der Waals surface area contributed by atoms with E-state index in [0.29, 0.717) is 25.6 Å². The fraction of sp³-hybridized carbons (Fsp3) is 0.421. The van der Waals surface area contributed by atoms with Crippen molar-refractivity contribution in [3.05, 3.63) is 47.0 Å². The zero-order chi connectivity index (χ0) is 18.1. The summed E-state index contributed by atoms with van der Waals surface area (Å²) in [5, 5.41) is 20.2. The number of aliphatic hydroxyl groups is 1. The summed E-state index contributed by atoms with van der Waals surface area (Å²) in [6, 6.07) is 10.1. The molecule has 0 bridgehead atoms. The monoisotopic (exact) mass is 355 g/mol. The molecule has 0 amide bonds. The smallest absolute Gasteiger partial charge is 0.140 e. The van der Waals surface area contributed by atoms with Crippen LogP contribution in [0.25, 0.3) is 0 Å². The number of aryl methyl sites for hydroxylation is 1. The van der Waals surface area contributed by atoms with Gasteiger partial charge in [-0.15, -0.1) is 0 Å². The van der Waals surface area contributed by atoms with E-state index in [0.717, 1.165) is 34.6 Å². The summed E-state index contributed by atoms with van der Waals surface area (Å²) in [6.45, 7) is 3.90. The van der Waals surface area contributed by atoms with E-state index in [-0.39, 0.29) is 12.1 Å². The van der Waals surface area contributed by atoms with Crippen LogP contribution in [0.5, 0.6) is 0 Å². The van der Waals surface area contributed by atoms with Crippen LogP contribution in [-0.4, -0.2) is 35.4 Å². The van der Waals surface area contributed by atoms with Crippen LogP contribution in [0.2, 0.25) is 0 Å². The Hall–Kier alpha value is -2.19. The van der Waals surface area contributed by atoms with Gasteiger partial charge in [-0.25, -0.2) is 4.98 Å². The predicted octanol–water partition coefficient (Wildman–Crippen LogP) is 1.76. The molecule has 2 aliphatic rings. The summed E-state index contributed by atoms with van der Waals surface area (Å²) in [7, 11) is 0. The highest BCUT2D eigenvalue weighted by atomic mass is 16.5. The Morgan fingerprint density at radius 2 is 2.23 bits per heavy atom. The molecule has 2 aliphatic heterocycles. The highest BCUT2D eigenvalue weighted by Gasteiger charge is 2.27. The number of aliphatic hydroxyl groups excluding tert-OH is 1. The molecule has 0 saturated carbocycles. The van der Waals surface area contributed by atoms with Gasteiger partial charge in [0.05, 0.1) is 6.61 Å². The Balaban J connectivity index is 1.64. The average Bonchev–Trinajstić information content (AvgIpc) is 2.98. The molecule has 138 valence electrons. The Morgan fingerprint density at radius 3 is 3.04 bits per heavy atom. The summed E-state index contributed by atoms with van der Waals surface area (Å²) in [5.41, 5.74) is 10.1. The van der Waals surface area contributed by atoms with E-state index in [9.17, 15) is 5.11 Å². The van der Waals surface area contributed by atoms with E-state index < -0.39 is 6.23 Å². The number of fused-ring (bicyclic) bond motifs is 1. The second kappa shape index (κ2) is 7.20. The number of nitrogens with one attached hydrogen (secondary N) is 3. The van der Waals surface area contributed by atoms with Gasteiger partial charge in [-0.05, 0) is 42.7 Å². The summed E-state index contributed by atoms with van der Waals surface area (Å²) in [4.78, 5) is 4.73. The Bertz CT molecular complexity index is 797. The Kier molecular flexibility index (Phi) is 4.78. The molecule has 4 rings (SSSR count). The largest absolute Gasteiger partial charge is 0.380 e. The van der Waals surface area contributed by atoms with Crippen molar-refractivity contribution < 1.29 is 9.84 Å². The van der Waals surface area contributed by atoms with Crippen LogP contribution in [0.3, 0.4) is 0 Å². The lowest BCUT2D eigenvalue weighted by molar-refractivity contribution is 0.0752. The third-order valence-corrected chi connectivity index (χ3v) is 4.92. The lowest BCUT2D eigenvalue weighted by atomic mass is 10.0. The number of anilines is 3. The molecular formula is C19H25N5O2. The van der Waals surface area contributed by atoms with Crippen molar-refractivity contribution in [1.82, 2.24) is 10.3 Å². The minimum Gasteiger partial charge on any atom is -0.380 e. The van der Waals surface area contributed by atoms with Crippen LogP contribution in [0.4, 0.5) is 17.3 Å². The van der Waals surface area contributed by atoms with Gasteiger partial charge < -0.3 is 26.2 Å². The first-order valence-corrected chi connectivity index (χ1v) is 8.99. The molecule has 1 saturated heterocycles. The second-order valence-electron chi connectivity index (χ2n) is 6.99. The highest BCUT2D eigenvalue weighted by Crippen LogP contribution is 2.33. The van der Waals surface area contributed by atoms with Crippen LogP contribution >= 0.6 is 0 Å². The third kappa shape index (κ3) is 3.52. The first-order valence-electron chi connectivity index (χ1n) is 8.99. The zero-order valence-corrected chi connectivity index (χ0v) is 14.8. The van der Waals surface area contributed by atoms with Gasteiger partial charge in [-0.3, -0.25) is 5.32 Å². The summed E-state index contributed by atoms with van der Waals surface area (Å²) >= 11 is 0. The molecule has 26 heavy (non-hydrogen) atoms. The third-order valence-electron chi connectivity index (χ3n) is 4.92. The standard InChI is InChI=1S/C19H25N5O2/c1-11-3-2-4-13(7-11)22-18-17-12(9-21-19(17)25)8-16(24-18)23-15-5-6-26-10-14(15)20/h2-4,7-8,14-15,19,21,25H,5-6,9-10,20H2,1H3,(H2,22,23,24)/t14-,15+,19?/m0/s1. The molecule has 3 atom stereocenters. The van der Waals surface area contributed by atoms with Crippen LogP contribution in [0.15, 0.2) is 30.3 Å². The Labute approximate surface area is 153 Å². The fourth-order valence-corrected chi connectivity index (χ4v) is 3.53. The minimum absolute atomic E-state index is 0.0595. The SMILES string of the molecule is Cc1cccc(Nc2nc(N[C@@H]3CCOC[C@@H]3N)cc3c2C(O)NC3)c1. The van der Waals surface area contributed by atoms with Crippen LogP contribution in [-0.2, 0) is 11.3 Å². The van der Waals surface area contributed by atoms with Crippen molar-refractivity contribution >= 4 is 17.3 Å². The van der Waals surface area contributed by atoms with Gasteiger partial charge in [-0.1, -0.05) is 12.1 Å². The minimum atomic E-state index is -0.718. The number of nitrogens with two attached hydrogens (primary N) is 1. The van der Waals surface area contributed by atoms with Crippen molar-refractivity contribution in [2.24, 2.45) is 5.73 Å². The quantitative estimate of drug-likeness (QED) is 0.569. The number of hydrogen-bond acceptors (Lipinski definition) is 7. The maximum absolute atomic E-state index is 10.3. The van der Waals surface area contributed by atoms with Gasteiger partial charge in [-0.2, -0.15) is 0 Å². The van der Waals surface area contributed by atoms with E-state index in [1.54, 1.807) is 0 Å². The zero-order valence-electron chi connectivity index (χ0n) is 14.8. The first-order chi connectivity index (χ1) is 12.6. The van der Waals surface area contributed by atoms with E-state index >= 15 is 0 Å². The number of aromatic nitrogens is 1. The lowest BCUT2D eigenvalue weighted by Gasteiger charge is -2.30. The molecule has 1 aromatic carbocycles. The molecule has 0 radical (unpaired) electrons. The summed E-state index contributed by atoms with van der Waals surface area (Å²) in [5.74, 6) is 1.42. The summed E-state index contributed by atoms with van der Waals surface area (Å²) in [6.07, 6.45) is 0.130. The van der Waals surface area contributed by atoms with Gasteiger partial charge in [0.15, 0.2) is 0 Å². The van der Waals surface area contributed by atoms with Gasteiger partial charge in [0, 0.05) is 36.5 Å². The molecule has 1 fully saturated rings. The first kappa shape index (κ1) is 17.2. The van der Waals surface area contributed by atoms with Crippen molar-refractivity contribution in [1.29, 1.82) is 0 Å². The van der Waals surface area contributed by atoms with Crippen molar-refractivity contribution in [3.63, 3.8) is 0 Å². The van der Waals surface area contributed by atoms with Crippen LogP contribution in [0, 0.1) is 6.92 Å². The molecule has 7 heteroatoms. The van der Waals surface area contributed by atoms with Crippen molar-refractivity contribution in [2.75, 3.05) is 23.8 Å². The number of ether oxygens (including phenoxy) is 1. The van der Waals surface area contributed by atoms with Gasteiger partial charge in [0.2, 0.25) is 0 Å². The number of benzene rings is 1. The molecule has 3 heterocycles. The number of rotatable bonds is 4. The van der Waals surface area contributed by atoms with Gasteiger partial charge in [0.25, 0.3) is 0 Å². The van der Waals surface area contributed by atoms with Crippen LogP contribution < -0.4 is 21.7 Å². The summed E-state index contributed by atoms with van der Waals surface area (Å²) < 4.78 is 5.41. The van der Waals surface area contributed by atoms with E-state index in [1.807, 2.05) is 31.2 Å². The predicted molar refractivity (Wildman–Crippen MR) is 101 cm³/mol. The maximum Gasteiger partial charge on any atom is 0.140 e. The molecule has 1 unspecified atom stereocenters. The number of pyridine rings is 1. The van der Waals surface area contributed by atoms with Gasteiger partial charge >= 0.3 is 0 Å². The number of nitrogens with zero attached hydrogens (tertiary/aromatic N) is 1.